The van der Waals surface area contributed by atoms with Gasteiger partial charge < -0.3 is 15.0 Å². The average Bonchev–Trinajstić information content (AvgIpc) is 3.54. The van der Waals surface area contributed by atoms with Crippen molar-refractivity contribution in [1.82, 2.24) is 4.90 Å². The van der Waals surface area contributed by atoms with E-state index in [0.717, 1.165) is 35.7 Å². The molecule has 2 saturated carbocycles. The van der Waals surface area contributed by atoms with E-state index in [1.54, 1.807) is 0 Å². The van der Waals surface area contributed by atoms with E-state index in [4.69, 9.17) is 4.74 Å². The maximum atomic E-state index is 12.8. The zero-order valence-electron chi connectivity index (χ0n) is 21.0. The second-order valence-electron chi connectivity index (χ2n) is 11.3. The maximum absolute atomic E-state index is 12.8. The molecule has 2 aromatic rings. The van der Waals surface area contributed by atoms with Crippen molar-refractivity contribution in [2.75, 3.05) is 29.9 Å². The number of nitrogens with zero attached hydrogens (tertiary/aromatic N) is 2. The van der Waals surface area contributed by atoms with Crippen molar-refractivity contribution in [1.29, 1.82) is 0 Å². The van der Waals surface area contributed by atoms with E-state index in [0.29, 0.717) is 24.3 Å². The number of hydrogen-bond acceptors (Lipinski definition) is 4. The topological polar surface area (TPSA) is 44.8 Å². The van der Waals surface area contributed by atoms with Crippen LogP contribution in [0.5, 0.6) is 0 Å². The highest BCUT2D eigenvalue weighted by atomic mass is 16.5. The van der Waals surface area contributed by atoms with Gasteiger partial charge in [-0.1, -0.05) is 25.5 Å². The molecule has 2 aromatic carbocycles. The maximum Gasteiger partial charge on any atom is 0.255 e. The first-order valence-electron chi connectivity index (χ1n) is 13.8. The third kappa shape index (κ3) is 4.85. The van der Waals surface area contributed by atoms with Gasteiger partial charge in [0.25, 0.3) is 5.91 Å². The quantitative estimate of drug-likeness (QED) is 0.560. The molecule has 2 aliphatic heterocycles. The average molecular weight is 474 g/mol. The smallest absolute Gasteiger partial charge is 0.255 e. The molecule has 2 saturated heterocycles. The van der Waals surface area contributed by atoms with Crippen LogP contribution in [0.25, 0.3) is 0 Å². The van der Waals surface area contributed by atoms with Crippen molar-refractivity contribution < 1.29 is 9.53 Å². The lowest BCUT2D eigenvalue weighted by Gasteiger charge is -2.31. The van der Waals surface area contributed by atoms with Crippen molar-refractivity contribution >= 4 is 17.3 Å². The molecular formula is C30H39N3O2. The molecule has 4 aliphatic rings. The molecule has 4 atom stereocenters. The number of carbonyl (C=O) groups is 1. The standard InChI is InChI=1S/C30H39N3O2/c1-21-4-2-7-28(21)32-18-24-16-17-33(29(24)19-32)26-14-12-25(13-15-26)31-30(34)23-10-8-22(9-11-23)20-35-27-5-3-6-27/h8-15,21,24,27-29H,2-7,16-20H2,1H3,(H,31,34)/t21?,24-,28?,29+/m1/s1. The van der Waals surface area contributed by atoms with Crippen LogP contribution in [0.3, 0.4) is 0 Å². The summed E-state index contributed by atoms with van der Waals surface area (Å²) >= 11 is 0. The Bertz CT molecular complexity index is 1020. The van der Waals surface area contributed by atoms with Gasteiger partial charge in [-0.3, -0.25) is 9.69 Å². The van der Waals surface area contributed by atoms with Crippen LogP contribution in [0.1, 0.15) is 67.8 Å². The van der Waals surface area contributed by atoms with Crippen LogP contribution < -0.4 is 10.2 Å². The Balaban J connectivity index is 1.04. The summed E-state index contributed by atoms with van der Waals surface area (Å²) in [6, 6.07) is 17.7. The minimum atomic E-state index is -0.0671. The largest absolute Gasteiger partial charge is 0.374 e. The van der Waals surface area contributed by atoms with E-state index in [-0.39, 0.29) is 5.91 Å². The first kappa shape index (κ1) is 23.1. The van der Waals surface area contributed by atoms with E-state index in [2.05, 4.69) is 34.2 Å². The zero-order valence-corrected chi connectivity index (χ0v) is 21.0. The van der Waals surface area contributed by atoms with Crippen LogP contribution in [0.2, 0.25) is 0 Å². The number of nitrogens with one attached hydrogen (secondary N) is 1. The molecule has 1 N–H and O–H groups in total. The predicted octanol–water partition coefficient (Wildman–Crippen LogP) is 5.71. The number of carbonyl (C=O) groups excluding carboxylic acids is 1. The summed E-state index contributed by atoms with van der Waals surface area (Å²) in [7, 11) is 0. The Labute approximate surface area is 209 Å². The van der Waals surface area contributed by atoms with Gasteiger partial charge in [0.05, 0.1) is 12.7 Å². The Morgan fingerprint density at radius 3 is 2.37 bits per heavy atom. The number of benzene rings is 2. The highest BCUT2D eigenvalue weighted by Crippen LogP contribution is 2.39. The Kier molecular flexibility index (Phi) is 6.55. The number of likely N-dealkylation sites (tertiary alicyclic amines) is 1. The van der Waals surface area contributed by atoms with Gasteiger partial charge in [0, 0.05) is 48.7 Å². The molecule has 0 spiro atoms. The van der Waals surface area contributed by atoms with E-state index in [1.165, 1.54) is 63.7 Å². The number of hydrogen-bond donors (Lipinski definition) is 1. The lowest BCUT2D eigenvalue weighted by Crippen LogP contribution is -2.40. The van der Waals surface area contributed by atoms with Crippen LogP contribution in [0.15, 0.2) is 48.5 Å². The number of amides is 1. The fourth-order valence-electron chi connectivity index (χ4n) is 6.70. The fourth-order valence-corrected chi connectivity index (χ4v) is 6.70. The first-order valence-corrected chi connectivity index (χ1v) is 13.8. The van der Waals surface area contributed by atoms with Crippen molar-refractivity contribution in [3.8, 4) is 0 Å². The molecule has 35 heavy (non-hydrogen) atoms. The molecular weight excluding hydrogens is 434 g/mol. The van der Waals surface area contributed by atoms with Crippen molar-refractivity contribution in [2.24, 2.45) is 11.8 Å². The molecule has 6 rings (SSSR count). The molecule has 4 fully saturated rings. The summed E-state index contributed by atoms with van der Waals surface area (Å²) in [5, 5.41) is 3.06. The lowest BCUT2D eigenvalue weighted by atomic mass is 9.96. The normalized spacial score (nSPS) is 28.8. The van der Waals surface area contributed by atoms with Crippen LogP contribution in [-0.4, -0.2) is 48.6 Å². The molecule has 5 nitrogen and oxygen atoms in total. The van der Waals surface area contributed by atoms with E-state index >= 15 is 0 Å². The number of fused-ring (bicyclic) bond motifs is 1. The van der Waals surface area contributed by atoms with Gasteiger partial charge in [-0.2, -0.15) is 0 Å². The van der Waals surface area contributed by atoms with Gasteiger partial charge in [0.1, 0.15) is 0 Å². The van der Waals surface area contributed by atoms with Gasteiger partial charge in [0.15, 0.2) is 0 Å². The van der Waals surface area contributed by atoms with E-state index < -0.39 is 0 Å². The third-order valence-corrected chi connectivity index (χ3v) is 9.07. The van der Waals surface area contributed by atoms with E-state index in [1.807, 2.05) is 36.4 Å². The highest BCUT2D eigenvalue weighted by molar-refractivity contribution is 6.04. The van der Waals surface area contributed by atoms with Gasteiger partial charge >= 0.3 is 0 Å². The molecule has 0 aromatic heterocycles. The molecule has 186 valence electrons. The number of ether oxygens (including phenoxy) is 1. The highest BCUT2D eigenvalue weighted by Gasteiger charge is 2.44. The van der Waals surface area contributed by atoms with Gasteiger partial charge in [-0.05, 0) is 92.3 Å². The Hall–Kier alpha value is -2.37. The summed E-state index contributed by atoms with van der Waals surface area (Å²) in [5.74, 6) is 1.58. The van der Waals surface area contributed by atoms with Crippen molar-refractivity contribution in [3.05, 3.63) is 59.7 Å². The second-order valence-corrected chi connectivity index (χ2v) is 11.3. The minimum Gasteiger partial charge on any atom is -0.374 e. The predicted molar refractivity (Wildman–Crippen MR) is 141 cm³/mol. The molecule has 0 radical (unpaired) electrons. The Morgan fingerprint density at radius 2 is 1.69 bits per heavy atom. The fraction of sp³-hybridized carbons (Fsp3) is 0.567. The van der Waals surface area contributed by atoms with Crippen molar-refractivity contribution in [2.45, 2.75) is 76.7 Å². The SMILES string of the molecule is CC1CCCC1N1C[C@H]2CCN(c3ccc(NC(=O)c4ccc(COC5CCC5)cc4)cc3)[C@H]2C1. The van der Waals surface area contributed by atoms with Crippen LogP contribution >= 0.6 is 0 Å². The minimum absolute atomic E-state index is 0.0671. The molecule has 2 aliphatic carbocycles. The van der Waals surface area contributed by atoms with Gasteiger partial charge in [-0.15, -0.1) is 0 Å². The van der Waals surface area contributed by atoms with Gasteiger partial charge in [-0.25, -0.2) is 0 Å². The third-order valence-electron chi connectivity index (χ3n) is 9.07. The summed E-state index contributed by atoms with van der Waals surface area (Å²) in [5.41, 5.74) is 3.93. The van der Waals surface area contributed by atoms with Crippen molar-refractivity contribution in [3.63, 3.8) is 0 Å². The molecule has 1 amide bonds. The van der Waals surface area contributed by atoms with E-state index in [9.17, 15) is 4.79 Å². The van der Waals surface area contributed by atoms with Crippen LogP contribution in [0, 0.1) is 11.8 Å². The molecule has 2 unspecified atom stereocenters. The lowest BCUT2D eigenvalue weighted by molar-refractivity contribution is -0.00866. The van der Waals surface area contributed by atoms with Crippen LogP contribution in [-0.2, 0) is 11.3 Å². The molecule has 5 heteroatoms. The van der Waals surface area contributed by atoms with Gasteiger partial charge in [0.2, 0.25) is 0 Å². The summed E-state index contributed by atoms with van der Waals surface area (Å²) in [4.78, 5) is 18.2. The van der Waals surface area contributed by atoms with Crippen LogP contribution in [0.4, 0.5) is 11.4 Å². The number of rotatable bonds is 7. The first-order chi connectivity index (χ1) is 17.1. The molecule has 2 heterocycles. The number of anilines is 2. The summed E-state index contributed by atoms with van der Waals surface area (Å²) in [6.07, 6.45) is 9.53. The zero-order chi connectivity index (χ0) is 23.8. The Morgan fingerprint density at radius 1 is 0.914 bits per heavy atom. The summed E-state index contributed by atoms with van der Waals surface area (Å²) < 4.78 is 5.87. The molecule has 0 bridgehead atoms. The second kappa shape index (κ2) is 9.94. The summed E-state index contributed by atoms with van der Waals surface area (Å²) in [6.45, 7) is 6.70. The monoisotopic (exact) mass is 473 g/mol.